The van der Waals surface area contributed by atoms with Crippen LogP contribution in [0.15, 0.2) is 200 Å². The molecule has 0 fully saturated rings. The molecule has 1 aliphatic carbocycles. The van der Waals surface area contributed by atoms with Crippen molar-refractivity contribution in [2.75, 3.05) is 4.90 Å². The van der Waals surface area contributed by atoms with Crippen LogP contribution in [0.3, 0.4) is 0 Å². The molecule has 0 saturated carbocycles. The number of hydrogen-bond acceptors (Lipinski definition) is 2. The summed E-state index contributed by atoms with van der Waals surface area (Å²) in [4.78, 5) is 2.43. The van der Waals surface area contributed by atoms with Crippen LogP contribution in [0.4, 0.5) is 17.1 Å². The van der Waals surface area contributed by atoms with E-state index in [0.717, 1.165) is 39.7 Å². The zero-order chi connectivity index (χ0) is 36.1. The molecule has 1 aliphatic heterocycles. The lowest BCUT2D eigenvalue weighted by molar-refractivity contribution is 0.436. The lowest BCUT2D eigenvalue weighted by atomic mass is 9.66. The molecule has 12 rings (SSSR count). The molecule has 1 spiro atoms. The number of anilines is 3. The highest BCUT2D eigenvalue weighted by molar-refractivity contribution is 6.25. The highest BCUT2D eigenvalue weighted by Gasteiger charge is 2.51. The number of rotatable bonds is 3. The van der Waals surface area contributed by atoms with Gasteiger partial charge in [0, 0.05) is 28.2 Å². The van der Waals surface area contributed by atoms with E-state index in [0.29, 0.717) is 0 Å². The van der Waals surface area contributed by atoms with Crippen LogP contribution in [0.25, 0.3) is 54.2 Å². The zero-order valence-electron chi connectivity index (χ0n) is 29.9. The van der Waals surface area contributed by atoms with Crippen LogP contribution >= 0.6 is 0 Å². The fourth-order valence-electron chi connectivity index (χ4n) is 9.85. The summed E-state index contributed by atoms with van der Waals surface area (Å²) >= 11 is 0. The predicted molar refractivity (Wildman–Crippen MR) is 229 cm³/mol. The van der Waals surface area contributed by atoms with Crippen molar-refractivity contribution in [3.63, 3.8) is 0 Å². The Hall–Kier alpha value is -7.16. The standard InChI is InChI=1S/C53H33NO/c1-2-15-35(16-3-1)54(36-27-29-43-41-20-7-6-18-39(41)40-19-8-9-21-42(40)45(43)32-36)37-28-30-44-49(33-37)53(48-31-26-34-14-4-5-17-38(34)52(44)48)46-22-10-12-24-50(46)55-51-25-13-11-23-47(51)53/h1-33H. The largest absolute Gasteiger partial charge is 0.457 e. The SMILES string of the molecule is c1ccc(N(c2ccc3c(c2)C2(c4ccccc4Oc4ccccc42)c2ccc4ccccc4c2-3)c2ccc3c4ccccc4c4ccccc4c3c2)cc1. The van der Waals surface area contributed by atoms with E-state index < -0.39 is 5.41 Å². The van der Waals surface area contributed by atoms with E-state index in [4.69, 9.17) is 4.74 Å². The molecular formula is C53H33NO. The number of nitrogens with zero attached hydrogens (tertiary/aromatic N) is 1. The summed E-state index contributed by atoms with van der Waals surface area (Å²) in [5.74, 6) is 1.79. The first-order chi connectivity index (χ1) is 27.3. The second kappa shape index (κ2) is 11.4. The average Bonchev–Trinajstić information content (AvgIpc) is 3.54. The van der Waals surface area contributed by atoms with Crippen molar-refractivity contribution in [3.05, 3.63) is 222 Å². The molecule has 0 unspecified atom stereocenters. The van der Waals surface area contributed by atoms with Gasteiger partial charge in [-0.05, 0) is 114 Å². The third-order valence-electron chi connectivity index (χ3n) is 12.1. The van der Waals surface area contributed by atoms with Crippen molar-refractivity contribution >= 4 is 60.2 Å². The molecule has 0 bridgehead atoms. The van der Waals surface area contributed by atoms with Gasteiger partial charge in [-0.2, -0.15) is 0 Å². The van der Waals surface area contributed by atoms with Crippen molar-refractivity contribution in [1.29, 1.82) is 0 Å². The Kier molecular flexibility index (Phi) is 6.29. The van der Waals surface area contributed by atoms with Crippen LogP contribution in [0.2, 0.25) is 0 Å². The van der Waals surface area contributed by atoms with Crippen molar-refractivity contribution in [2.24, 2.45) is 0 Å². The van der Waals surface area contributed by atoms with Crippen molar-refractivity contribution < 1.29 is 4.74 Å². The number of ether oxygens (including phenoxy) is 1. The first-order valence-electron chi connectivity index (χ1n) is 19.0. The molecule has 1 heterocycles. The molecule has 0 radical (unpaired) electrons. The number of para-hydroxylation sites is 3. The van der Waals surface area contributed by atoms with Crippen LogP contribution in [-0.4, -0.2) is 0 Å². The lowest BCUT2D eigenvalue weighted by Gasteiger charge is -2.39. The molecule has 55 heavy (non-hydrogen) atoms. The summed E-state index contributed by atoms with van der Waals surface area (Å²) in [6.45, 7) is 0. The molecule has 0 amide bonds. The van der Waals surface area contributed by atoms with Gasteiger partial charge in [-0.1, -0.05) is 152 Å². The molecule has 2 heteroatoms. The summed E-state index contributed by atoms with van der Waals surface area (Å²) in [5, 5.41) is 10.1. The normalized spacial score (nSPS) is 13.4. The lowest BCUT2D eigenvalue weighted by Crippen LogP contribution is -2.32. The summed E-state index contributed by atoms with van der Waals surface area (Å²) in [5.41, 5.74) is 10.2. The predicted octanol–water partition coefficient (Wildman–Crippen LogP) is 14.2. The van der Waals surface area contributed by atoms with Crippen LogP contribution in [0, 0.1) is 0 Å². The Balaban J connectivity index is 1.17. The van der Waals surface area contributed by atoms with Crippen LogP contribution < -0.4 is 9.64 Å². The van der Waals surface area contributed by atoms with E-state index in [1.54, 1.807) is 0 Å². The third-order valence-corrected chi connectivity index (χ3v) is 12.1. The summed E-state index contributed by atoms with van der Waals surface area (Å²) in [6, 6.07) is 73.2. The average molecular weight is 700 g/mol. The Bertz CT molecular complexity index is 3120. The minimum Gasteiger partial charge on any atom is -0.457 e. The highest BCUT2D eigenvalue weighted by atomic mass is 16.5. The smallest absolute Gasteiger partial charge is 0.132 e. The maximum Gasteiger partial charge on any atom is 0.132 e. The fourth-order valence-corrected chi connectivity index (χ4v) is 9.85. The van der Waals surface area contributed by atoms with Crippen LogP contribution in [-0.2, 0) is 5.41 Å². The number of fused-ring (bicyclic) bond motifs is 17. The first kappa shape index (κ1) is 30.3. The Morgan fingerprint density at radius 3 is 1.55 bits per heavy atom. The third kappa shape index (κ3) is 4.14. The minimum absolute atomic E-state index is 0.586. The molecule has 0 N–H and O–H groups in total. The van der Waals surface area contributed by atoms with Crippen molar-refractivity contribution in [2.45, 2.75) is 5.41 Å². The molecule has 0 atom stereocenters. The number of hydrogen-bond donors (Lipinski definition) is 0. The van der Waals surface area contributed by atoms with E-state index in [1.807, 2.05) is 0 Å². The van der Waals surface area contributed by atoms with Gasteiger partial charge in [0.25, 0.3) is 0 Å². The van der Waals surface area contributed by atoms with E-state index >= 15 is 0 Å². The van der Waals surface area contributed by atoms with E-state index in [1.165, 1.54) is 65.3 Å². The van der Waals surface area contributed by atoms with Gasteiger partial charge in [-0.15, -0.1) is 0 Å². The molecule has 0 aromatic heterocycles. The molecule has 10 aromatic carbocycles. The first-order valence-corrected chi connectivity index (χ1v) is 19.0. The van der Waals surface area contributed by atoms with E-state index in [-0.39, 0.29) is 0 Å². The Morgan fingerprint density at radius 1 is 0.327 bits per heavy atom. The van der Waals surface area contributed by atoms with Crippen molar-refractivity contribution in [1.82, 2.24) is 0 Å². The van der Waals surface area contributed by atoms with Crippen LogP contribution in [0.5, 0.6) is 11.5 Å². The molecule has 2 aliphatic rings. The maximum absolute atomic E-state index is 6.69. The summed E-state index contributed by atoms with van der Waals surface area (Å²) in [7, 11) is 0. The quantitative estimate of drug-likeness (QED) is 0.170. The molecule has 10 aromatic rings. The minimum atomic E-state index is -0.586. The topological polar surface area (TPSA) is 12.5 Å². The fraction of sp³-hybridized carbons (Fsp3) is 0.0189. The van der Waals surface area contributed by atoms with Crippen molar-refractivity contribution in [3.8, 4) is 22.6 Å². The Morgan fingerprint density at radius 2 is 0.855 bits per heavy atom. The molecule has 0 saturated heterocycles. The van der Waals surface area contributed by atoms with Gasteiger partial charge in [0.2, 0.25) is 0 Å². The summed E-state index contributed by atoms with van der Waals surface area (Å²) in [6.07, 6.45) is 0. The number of benzene rings is 10. The van der Waals surface area contributed by atoms with Gasteiger partial charge in [-0.3, -0.25) is 0 Å². The van der Waals surface area contributed by atoms with Gasteiger partial charge < -0.3 is 9.64 Å². The van der Waals surface area contributed by atoms with E-state index in [9.17, 15) is 0 Å². The van der Waals surface area contributed by atoms with Gasteiger partial charge >= 0.3 is 0 Å². The molecule has 256 valence electrons. The highest BCUT2D eigenvalue weighted by Crippen LogP contribution is 2.63. The Labute approximate surface area is 319 Å². The van der Waals surface area contributed by atoms with E-state index in [2.05, 4.69) is 205 Å². The van der Waals surface area contributed by atoms with Gasteiger partial charge in [-0.25, -0.2) is 0 Å². The van der Waals surface area contributed by atoms with Crippen LogP contribution in [0.1, 0.15) is 22.3 Å². The zero-order valence-corrected chi connectivity index (χ0v) is 29.9. The van der Waals surface area contributed by atoms with Gasteiger partial charge in [0.05, 0.1) is 5.41 Å². The second-order valence-electron chi connectivity index (χ2n) is 14.8. The van der Waals surface area contributed by atoms with Gasteiger partial charge in [0.1, 0.15) is 11.5 Å². The summed E-state index contributed by atoms with van der Waals surface area (Å²) < 4.78 is 6.69. The molecule has 2 nitrogen and oxygen atoms in total. The molecular weight excluding hydrogens is 667 g/mol. The monoisotopic (exact) mass is 699 g/mol. The maximum atomic E-state index is 6.69. The van der Waals surface area contributed by atoms with Gasteiger partial charge in [0.15, 0.2) is 0 Å². The second-order valence-corrected chi connectivity index (χ2v) is 14.8.